The van der Waals surface area contributed by atoms with Crippen LogP contribution in [0.5, 0.6) is 0 Å². The van der Waals surface area contributed by atoms with Crippen molar-refractivity contribution in [1.82, 2.24) is 9.97 Å². The van der Waals surface area contributed by atoms with Crippen molar-refractivity contribution in [2.75, 3.05) is 0 Å². The molecule has 1 heterocycles. The fourth-order valence-electron chi connectivity index (χ4n) is 2.29. The van der Waals surface area contributed by atoms with E-state index >= 15 is 0 Å². The highest BCUT2D eigenvalue weighted by molar-refractivity contribution is 9.10. The third-order valence-corrected chi connectivity index (χ3v) is 4.41. The van der Waals surface area contributed by atoms with Crippen LogP contribution in [0.15, 0.2) is 34.8 Å². The summed E-state index contributed by atoms with van der Waals surface area (Å²) in [6.07, 6.45) is 0. The van der Waals surface area contributed by atoms with Crippen LogP contribution < -0.4 is 0 Å². The Labute approximate surface area is 141 Å². The lowest BCUT2D eigenvalue weighted by atomic mass is 10.1. The second kappa shape index (κ2) is 5.56. The molecule has 0 saturated heterocycles. The maximum absolute atomic E-state index is 6.35. The second-order valence-corrected chi connectivity index (χ2v) is 6.59. The Morgan fingerprint density at radius 3 is 2.48 bits per heavy atom. The van der Waals surface area contributed by atoms with Crippen molar-refractivity contribution < 1.29 is 0 Å². The smallest absolute Gasteiger partial charge is 0.161 e. The van der Waals surface area contributed by atoms with Crippen LogP contribution in [0.2, 0.25) is 10.2 Å². The Balaban J connectivity index is 2.32. The first-order valence-electron chi connectivity index (χ1n) is 6.35. The van der Waals surface area contributed by atoms with Gasteiger partial charge in [-0.15, -0.1) is 0 Å². The lowest BCUT2D eigenvalue weighted by Gasteiger charge is -2.09. The van der Waals surface area contributed by atoms with Crippen LogP contribution in [-0.4, -0.2) is 9.97 Å². The van der Waals surface area contributed by atoms with Crippen LogP contribution >= 0.6 is 39.1 Å². The van der Waals surface area contributed by atoms with E-state index in [2.05, 4.69) is 25.9 Å². The number of hydrogen-bond donors (Lipinski definition) is 0. The number of fused-ring (bicyclic) bond motifs is 1. The SMILES string of the molecule is Cc1cc(Cl)cc(-c2nc(Cl)c3c(Br)ccc(C)c3n2)c1. The van der Waals surface area contributed by atoms with Crippen molar-refractivity contribution in [1.29, 1.82) is 0 Å². The number of aromatic nitrogens is 2. The van der Waals surface area contributed by atoms with E-state index < -0.39 is 0 Å². The quantitative estimate of drug-likeness (QED) is 0.484. The van der Waals surface area contributed by atoms with Crippen molar-refractivity contribution in [3.63, 3.8) is 0 Å². The van der Waals surface area contributed by atoms with E-state index in [0.717, 1.165) is 32.1 Å². The Bertz CT molecular complexity index is 842. The van der Waals surface area contributed by atoms with Gasteiger partial charge < -0.3 is 0 Å². The summed E-state index contributed by atoms with van der Waals surface area (Å²) in [6.45, 7) is 3.99. The summed E-state index contributed by atoms with van der Waals surface area (Å²) >= 11 is 16.0. The monoisotopic (exact) mass is 380 g/mol. The maximum atomic E-state index is 6.35. The second-order valence-electron chi connectivity index (χ2n) is 4.94. The summed E-state index contributed by atoms with van der Waals surface area (Å²) in [4.78, 5) is 9.09. The van der Waals surface area contributed by atoms with Crippen LogP contribution in [-0.2, 0) is 0 Å². The van der Waals surface area contributed by atoms with Gasteiger partial charge in [0.25, 0.3) is 0 Å². The Kier molecular flexibility index (Phi) is 3.91. The summed E-state index contributed by atoms with van der Waals surface area (Å²) in [6, 6.07) is 9.70. The van der Waals surface area contributed by atoms with E-state index in [9.17, 15) is 0 Å². The van der Waals surface area contributed by atoms with Gasteiger partial charge >= 0.3 is 0 Å². The average molecular weight is 382 g/mol. The van der Waals surface area contributed by atoms with E-state index in [4.69, 9.17) is 23.2 Å². The topological polar surface area (TPSA) is 25.8 Å². The van der Waals surface area contributed by atoms with Gasteiger partial charge in [0, 0.05) is 15.1 Å². The van der Waals surface area contributed by atoms with Crippen molar-refractivity contribution in [2.24, 2.45) is 0 Å². The Morgan fingerprint density at radius 2 is 1.76 bits per heavy atom. The van der Waals surface area contributed by atoms with Crippen LogP contribution in [0, 0.1) is 13.8 Å². The molecule has 5 heteroatoms. The molecule has 0 amide bonds. The fourth-order valence-corrected chi connectivity index (χ4v) is 3.47. The van der Waals surface area contributed by atoms with Gasteiger partial charge in [-0.3, -0.25) is 0 Å². The highest BCUT2D eigenvalue weighted by Crippen LogP contribution is 2.33. The van der Waals surface area contributed by atoms with Crippen LogP contribution in [0.1, 0.15) is 11.1 Å². The molecule has 0 aliphatic carbocycles. The number of rotatable bonds is 1. The van der Waals surface area contributed by atoms with Crippen LogP contribution in [0.3, 0.4) is 0 Å². The normalized spacial score (nSPS) is 11.1. The molecule has 0 fully saturated rings. The van der Waals surface area contributed by atoms with E-state index in [1.165, 1.54) is 0 Å². The van der Waals surface area contributed by atoms with Crippen molar-refractivity contribution in [3.8, 4) is 11.4 Å². The van der Waals surface area contributed by atoms with E-state index in [0.29, 0.717) is 16.0 Å². The first-order chi connectivity index (χ1) is 9.95. The molecule has 0 spiro atoms. The highest BCUT2D eigenvalue weighted by atomic mass is 79.9. The van der Waals surface area contributed by atoms with Crippen molar-refractivity contribution in [3.05, 3.63) is 56.1 Å². The minimum atomic E-state index is 0.434. The minimum Gasteiger partial charge on any atom is -0.228 e. The van der Waals surface area contributed by atoms with Gasteiger partial charge in [-0.05, 0) is 65.2 Å². The predicted molar refractivity (Wildman–Crippen MR) is 92.2 cm³/mol. The molecule has 2 nitrogen and oxygen atoms in total. The van der Waals surface area contributed by atoms with Gasteiger partial charge in [0.05, 0.1) is 10.9 Å². The number of hydrogen-bond acceptors (Lipinski definition) is 2. The summed E-state index contributed by atoms with van der Waals surface area (Å²) in [5, 5.41) is 1.93. The number of aryl methyl sites for hydroxylation is 2. The minimum absolute atomic E-state index is 0.434. The molecule has 3 aromatic rings. The molecule has 106 valence electrons. The summed E-state index contributed by atoms with van der Waals surface area (Å²) in [5.74, 6) is 0.583. The molecule has 2 aromatic carbocycles. The molecule has 0 N–H and O–H groups in total. The van der Waals surface area contributed by atoms with Crippen LogP contribution in [0.4, 0.5) is 0 Å². The maximum Gasteiger partial charge on any atom is 0.161 e. The number of benzene rings is 2. The molecular formula is C16H11BrCl2N2. The third-order valence-electron chi connectivity index (χ3n) is 3.26. The van der Waals surface area contributed by atoms with E-state index in [1.807, 2.05) is 44.2 Å². The molecule has 0 radical (unpaired) electrons. The largest absolute Gasteiger partial charge is 0.228 e. The standard InChI is InChI=1S/C16H11BrCl2N2/c1-8-5-10(7-11(18)6-8)16-20-14-9(2)3-4-12(17)13(14)15(19)21-16/h3-7H,1-2H3. The molecule has 0 aliphatic rings. The molecule has 0 atom stereocenters. The summed E-state index contributed by atoms with van der Waals surface area (Å²) in [7, 11) is 0. The molecule has 1 aromatic heterocycles. The third kappa shape index (κ3) is 2.78. The first kappa shape index (κ1) is 14.8. The van der Waals surface area contributed by atoms with Gasteiger partial charge in [0.15, 0.2) is 5.82 Å². The zero-order valence-electron chi connectivity index (χ0n) is 11.4. The zero-order chi connectivity index (χ0) is 15.1. The van der Waals surface area contributed by atoms with Gasteiger partial charge in [-0.1, -0.05) is 29.3 Å². The van der Waals surface area contributed by atoms with Crippen LogP contribution in [0.25, 0.3) is 22.3 Å². The van der Waals surface area contributed by atoms with Crippen molar-refractivity contribution in [2.45, 2.75) is 13.8 Å². The lowest BCUT2D eigenvalue weighted by Crippen LogP contribution is -1.95. The van der Waals surface area contributed by atoms with Gasteiger partial charge in [0.1, 0.15) is 5.15 Å². The van der Waals surface area contributed by atoms with Gasteiger partial charge in [-0.25, -0.2) is 9.97 Å². The molecule has 0 bridgehead atoms. The molecule has 3 rings (SSSR count). The van der Waals surface area contributed by atoms with Gasteiger partial charge in [-0.2, -0.15) is 0 Å². The number of halogens is 3. The Morgan fingerprint density at radius 1 is 1.00 bits per heavy atom. The zero-order valence-corrected chi connectivity index (χ0v) is 14.5. The Hall–Kier alpha value is -1.16. The van der Waals surface area contributed by atoms with E-state index in [1.54, 1.807) is 0 Å². The predicted octanol–water partition coefficient (Wildman–Crippen LogP) is 5.98. The van der Waals surface area contributed by atoms with Crippen molar-refractivity contribution >= 4 is 50.0 Å². The first-order valence-corrected chi connectivity index (χ1v) is 7.90. The lowest BCUT2D eigenvalue weighted by molar-refractivity contribution is 1.21. The highest BCUT2D eigenvalue weighted by Gasteiger charge is 2.13. The van der Waals surface area contributed by atoms with E-state index in [-0.39, 0.29) is 0 Å². The molecule has 21 heavy (non-hydrogen) atoms. The number of nitrogens with zero attached hydrogens (tertiary/aromatic N) is 2. The molecule has 0 aliphatic heterocycles. The summed E-state index contributed by atoms with van der Waals surface area (Å²) < 4.78 is 0.891. The fraction of sp³-hybridized carbons (Fsp3) is 0.125. The molecule has 0 saturated carbocycles. The summed E-state index contributed by atoms with van der Waals surface area (Å²) in [5.41, 5.74) is 3.82. The van der Waals surface area contributed by atoms with Gasteiger partial charge in [0.2, 0.25) is 0 Å². The molecule has 0 unspecified atom stereocenters. The molecular weight excluding hydrogens is 371 g/mol. The average Bonchev–Trinajstić information content (AvgIpc) is 2.41.